The molecule has 4 aromatic rings. The lowest BCUT2D eigenvalue weighted by Gasteiger charge is -2.32. The average molecular weight is 682 g/mol. The fraction of sp³-hybridized carbons (Fsp3) is 0.273. The van der Waals surface area contributed by atoms with Crippen LogP contribution in [0.4, 0.5) is 11.4 Å². The van der Waals surface area contributed by atoms with Gasteiger partial charge in [0.1, 0.15) is 11.3 Å². The number of carbonyl (C=O) groups is 3. The van der Waals surface area contributed by atoms with Crippen LogP contribution in [0.15, 0.2) is 83.6 Å². The zero-order valence-electron chi connectivity index (χ0n) is 25.8. The van der Waals surface area contributed by atoms with Crippen molar-refractivity contribution < 1.29 is 24.2 Å². The van der Waals surface area contributed by atoms with E-state index in [4.69, 9.17) is 20.4 Å². The van der Waals surface area contributed by atoms with Crippen LogP contribution in [0.25, 0.3) is 10.8 Å². The number of nitrogens with one attached hydrogen (secondary N) is 2. The van der Waals surface area contributed by atoms with Crippen LogP contribution in [0, 0.1) is 0 Å². The third-order valence-corrected chi connectivity index (χ3v) is 7.81. The molecule has 4 radical (unpaired) electrons. The number of para-hydroxylation sites is 2. The van der Waals surface area contributed by atoms with Crippen LogP contribution in [0.3, 0.4) is 0 Å². The quantitative estimate of drug-likeness (QED) is 0.106. The summed E-state index contributed by atoms with van der Waals surface area (Å²) in [6.45, 7) is 3.64. The number of pyridine rings is 1. The number of benzene rings is 3. The minimum Gasteiger partial charge on any atom is -0.481 e. The third kappa shape index (κ3) is 8.96. The number of hydrogen-bond donors (Lipinski definition) is 3. The zero-order valence-corrected chi connectivity index (χ0v) is 27.4. The number of aromatic nitrogens is 1. The third-order valence-electron chi connectivity index (χ3n) is 7.31. The Kier molecular flexibility index (Phi) is 11.6. The maximum absolute atomic E-state index is 13.9. The number of fused-ring (bicyclic) bond motifs is 1. The summed E-state index contributed by atoms with van der Waals surface area (Å²) in [6.07, 6.45) is 3.94. The standard InChI is InChI=1S/C33H34B2BrN5O5/c1-21(39-32(44)22(2)37-3)18-41(31(43)15-23-7-6-14-38-17-23)29-9-5-4-8-28(29)40(20-42)19-27-26-12-11-25(36)16-24(26)10-13-30(27)46-33(34,35)45/h4-14,16-17,20-22,37,45H,15,18-19H2,1-3H3,(H,39,44)/t21?,22-/m0/s1. The van der Waals surface area contributed by atoms with Gasteiger partial charge in [0.2, 0.25) is 18.2 Å². The Labute approximate surface area is 279 Å². The molecule has 0 saturated carbocycles. The molecule has 234 valence electrons. The molecule has 0 aliphatic carbocycles. The predicted molar refractivity (Wildman–Crippen MR) is 184 cm³/mol. The Hall–Kier alpha value is -4.19. The summed E-state index contributed by atoms with van der Waals surface area (Å²) >= 11 is 3.49. The Morgan fingerprint density at radius 2 is 1.83 bits per heavy atom. The minimum absolute atomic E-state index is 0.0263. The minimum atomic E-state index is -2.47. The van der Waals surface area contributed by atoms with Crippen molar-refractivity contribution in [3.8, 4) is 5.75 Å². The molecule has 3 N–H and O–H groups in total. The van der Waals surface area contributed by atoms with Gasteiger partial charge in [-0.05, 0) is 73.6 Å². The monoisotopic (exact) mass is 681 g/mol. The molecule has 1 aromatic heterocycles. The molecule has 13 heteroatoms. The van der Waals surface area contributed by atoms with E-state index >= 15 is 0 Å². The summed E-state index contributed by atoms with van der Waals surface area (Å²) in [5.74, 6) is -0.303. The Balaban J connectivity index is 1.77. The molecule has 4 rings (SSSR count). The normalized spacial score (nSPS) is 12.6. The molecule has 2 atom stereocenters. The van der Waals surface area contributed by atoms with Crippen molar-refractivity contribution in [2.75, 3.05) is 23.4 Å². The molecule has 0 bridgehead atoms. The van der Waals surface area contributed by atoms with Crippen LogP contribution < -0.4 is 25.2 Å². The van der Waals surface area contributed by atoms with E-state index in [1.807, 2.05) is 31.2 Å². The van der Waals surface area contributed by atoms with Gasteiger partial charge in [0.15, 0.2) is 15.7 Å². The van der Waals surface area contributed by atoms with Crippen molar-refractivity contribution in [1.82, 2.24) is 15.6 Å². The highest BCUT2D eigenvalue weighted by Gasteiger charge is 2.26. The Bertz CT molecular complexity index is 1690. The topological polar surface area (TPSA) is 124 Å². The SMILES string of the molecule is [B]C([B])(O)Oc1ccc2cc(Br)ccc2c1CN(C=O)c1ccccc1N(CC(C)NC(=O)[C@H](C)NC)C(=O)Cc1cccnc1. The van der Waals surface area contributed by atoms with Crippen LogP contribution in [-0.4, -0.2) is 75.3 Å². The molecule has 10 nitrogen and oxygen atoms in total. The van der Waals surface area contributed by atoms with Gasteiger partial charge in [-0.15, -0.1) is 0 Å². The highest BCUT2D eigenvalue weighted by atomic mass is 79.9. The zero-order chi connectivity index (χ0) is 33.4. The average Bonchev–Trinajstić information content (AvgIpc) is 3.02. The van der Waals surface area contributed by atoms with Gasteiger partial charge in [-0.1, -0.05) is 46.3 Å². The molecule has 0 fully saturated rings. The van der Waals surface area contributed by atoms with Crippen molar-refractivity contribution in [2.24, 2.45) is 0 Å². The molecule has 46 heavy (non-hydrogen) atoms. The number of ether oxygens (including phenoxy) is 1. The first-order chi connectivity index (χ1) is 21.9. The lowest BCUT2D eigenvalue weighted by Crippen LogP contribution is -2.49. The number of likely N-dealkylation sites (N-methyl/N-ethyl adjacent to an activating group) is 1. The number of amides is 3. The van der Waals surface area contributed by atoms with Gasteiger partial charge in [0.25, 0.3) is 0 Å². The number of carbonyl (C=O) groups excluding carboxylic acids is 3. The Morgan fingerprint density at radius 3 is 2.48 bits per heavy atom. The predicted octanol–water partition coefficient (Wildman–Crippen LogP) is 3.17. The van der Waals surface area contributed by atoms with Crippen LogP contribution in [0.1, 0.15) is 25.0 Å². The largest absolute Gasteiger partial charge is 0.481 e. The molecule has 0 aliphatic rings. The molecular weight excluding hydrogens is 648 g/mol. The number of hydrogen-bond acceptors (Lipinski definition) is 7. The highest BCUT2D eigenvalue weighted by molar-refractivity contribution is 9.10. The van der Waals surface area contributed by atoms with Crippen LogP contribution >= 0.6 is 15.9 Å². The van der Waals surface area contributed by atoms with E-state index in [1.54, 1.807) is 73.7 Å². The van der Waals surface area contributed by atoms with Gasteiger partial charge in [-0.3, -0.25) is 19.4 Å². The molecule has 3 amide bonds. The van der Waals surface area contributed by atoms with Crippen molar-refractivity contribution in [3.05, 3.63) is 94.7 Å². The van der Waals surface area contributed by atoms with Gasteiger partial charge in [0.05, 0.1) is 30.4 Å². The van der Waals surface area contributed by atoms with E-state index in [9.17, 15) is 19.5 Å². The van der Waals surface area contributed by atoms with Crippen LogP contribution in [0.2, 0.25) is 0 Å². The van der Waals surface area contributed by atoms with Gasteiger partial charge in [0, 0.05) is 35.0 Å². The van der Waals surface area contributed by atoms with E-state index in [1.165, 1.54) is 4.90 Å². The van der Waals surface area contributed by atoms with Crippen LogP contribution in [-0.2, 0) is 27.3 Å². The molecular formula is C33H34B2BrN5O5. The molecule has 3 aromatic carbocycles. The second-order valence-corrected chi connectivity index (χ2v) is 11.9. The fourth-order valence-electron chi connectivity index (χ4n) is 4.99. The van der Waals surface area contributed by atoms with Gasteiger partial charge < -0.3 is 30.3 Å². The molecule has 0 saturated heterocycles. The van der Waals surface area contributed by atoms with Crippen LogP contribution in [0.5, 0.6) is 5.75 Å². The van der Waals surface area contributed by atoms with Crippen molar-refractivity contribution in [3.63, 3.8) is 0 Å². The number of anilines is 2. The van der Waals surface area contributed by atoms with Gasteiger partial charge >= 0.3 is 0 Å². The molecule has 1 unspecified atom stereocenters. The lowest BCUT2D eigenvalue weighted by molar-refractivity contribution is -0.123. The first-order valence-corrected chi connectivity index (χ1v) is 15.4. The van der Waals surface area contributed by atoms with E-state index in [2.05, 4.69) is 31.5 Å². The maximum atomic E-state index is 13.9. The summed E-state index contributed by atoms with van der Waals surface area (Å²) < 4.78 is 6.34. The number of halogens is 1. The summed E-state index contributed by atoms with van der Waals surface area (Å²) in [7, 11) is 12.9. The summed E-state index contributed by atoms with van der Waals surface area (Å²) in [5.41, 5.74) is -0.359. The molecule has 1 heterocycles. The maximum Gasteiger partial charge on any atom is 0.237 e. The molecule has 0 spiro atoms. The van der Waals surface area contributed by atoms with Gasteiger partial charge in [-0.25, -0.2) is 0 Å². The van der Waals surface area contributed by atoms with Crippen molar-refractivity contribution >= 4 is 72.0 Å². The second kappa shape index (κ2) is 15.4. The first kappa shape index (κ1) is 34.7. The number of aliphatic hydroxyl groups is 1. The molecule has 0 aliphatic heterocycles. The van der Waals surface area contributed by atoms with E-state index in [0.717, 1.165) is 15.2 Å². The second-order valence-electron chi connectivity index (χ2n) is 10.9. The van der Waals surface area contributed by atoms with E-state index < -0.39 is 17.7 Å². The van der Waals surface area contributed by atoms with E-state index in [-0.39, 0.29) is 37.1 Å². The van der Waals surface area contributed by atoms with Crippen molar-refractivity contribution in [1.29, 1.82) is 0 Å². The highest BCUT2D eigenvalue weighted by Crippen LogP contribution is 2.36. The summed E-state index contributed by atoms with van der Waals surface area (Å²) in [4.78, 5) is 46.5. The number of rotatable bonds is 14. The summed E-state index contributed by atoms with van der Waals surface area (Å²) in [5, 5.41) is 17.5. The number of nitrogens with zero attached hydrogens (tertiary/aromatic N) is 3. The first-order valence-electron chi connectivity index (χ1n) is 14.6. The lowest BCUT2D eigenvalue weighted by atomic mass is 9.76. The van der Waals surface area contributed by atoms with Gasteiger partial charge in [-0.2, -0.15) is 0 Å². The summed E-state index contributed by atoms with van der Waals surface area (Å²) in [6, 6.07) is 18.7. The fourth-order valence-corrected chi connectivity index (χ4v) is 5.37. The van der Waals surface area contributed by atoms with Crippen molar-refractivity contribution in [2.45, 2.75) is 44.5 Å². The smallest absolute Gasteiger partial charge is 0.237 e. The van der Waals surface area contributed by atoms with E-state index in [0.29, 0.717) is 28.9 Å². The Morgan fingerprint density at radius 1 is 1.09 bits per heavy atom.